The molecule has 9 heteroatoms. The molecule has 0 bridgehead atoms. The molecule has 0 spiro atoms. The molecule has 0 aliphatic carbocycles. The van der Waals surface area contributed by atoms with Crippen LogP contribution in [-0.2, 0) is 16.9 Å². The van der Waals surface area contributed by atoms with Crippen LogP contribution < -0.4 is 10.9 Å². The number of urea groups is 1. The molecule has 1 fully saturated rings. The first-order valence-electron chi connectivity index (χ1n) is 8.30. The van der Waals surface area contributed by atoms with Gasteiger partial charge in [0.25, 0.3) is 11.5 Å². The van der Waals surface area contributed by atoms with Crippen LogP contribution in [0.25, 0.3) is 4.96 Å². The first-order valence-corrected chi connectivity index (χ1v) is 9.18. The van der Waals surface area contributed by atoms with Gasteiger partial charge in [0.15, 0.2) is 4.96 Å². The van der Waals surface area contributed by atoms with Crippen molar-refractivity contribution in [2.45, 2.75) is 25.4 Å². The summed E-state index contributed by atoms with van der Waals surface area (Å²) in [6.07, 6.45) is 1.92. The number of hydrogen-bond acceptors (Lipinski definition) is 5. The van der Waals surface area contributed by atoms with E-state index in [-0.39, 0.29) is 12.1 Å². The van der Waals surface area contributed by atoms with Gasteiger partial charge in [-0.3, -0.25) is 18.9 Å². The molecule has 1 aliphatic heterocycles. The van der Waals surface area contributed by atoms with Crippen molar-refractivity contribution in [1.29, 1.82) is 0 Å². The molecule has 1 aromatic carbocycles. The molecule has 1 unspecified atom stereocenters. The smallest absolute Gasteiger partial charge is 0.319 e. The number of halogens is 1. The predicted molar refractivity (Wildman–Crippen MR) is 96.8 cm³/mol. The number of nitrogens with one attached hydrogen (secondary N) is 1. The molecule has 1 N–H and O–H groups in total. The number of carbonyl (C=O) groups excluding carboxylic acids is 2. The highest BCUT2D eigenvalue weighted by Gasteiger charge is 2.51. The zero-order chi connectivity index (χ0) is 19.2. The van der Waals surface area contributed by atoms with Crippen LogP contribution in [0.5, 0.6) is 0 Å². The molecule has 1 aliphatic rings. The van der Waals surface area contributed by atoms with E-state index in [2.05, 4.69) is 10.3 Å². The van der Waals surface area contributed by atoms with Gasteiger partial charge in [-0.25, -0.2) is 14.2 Å². The minimum Gasteiger partial charge on any atom is -0.319 e. The molecule has 138 valence electrons. The summed E-state index contributed by atoms with van der Waals surface area (Å²) in [4.78, 5) is 43.6. The third-order valence-corrected chi connectivity index (χ3v) is 5.48. The fourth-order valence-corrected chi connectivity index (χ4v) is 4.01. The van der Waals surface area contributed by atoms with E-state index in [1.165, 1.54) is 46.1 Å². The van der Waals surface area contributed by atoms with Gasteiger partial charge >= 0.3 is 6.03 Å². The van der Waals surface area contributed by atoms with Crippen molar-refractivity contribution < 1.29 is 14.0 Å². The second-order valence-corrected chi connectivity index (χ2v) is 7.10. The van der Waals surface area contributed by atoms with Gasteiger partial charge in [-0.05, 0) is 24.1 Å². The second kappa shape index (κ2) is 6.27. The van der Waals surface area contributed by atoms with E-state index in [9.17, 15) is 18.8 Å². The molecular weight excluding hydrogens is 371 g/mol. The van der Waals surface area contributed by atoms with Gasteiger partial charge in [-0.2, -0.15) is 0 Å². The lowest BCUT2D eigenvalue weighted by atomic mass is 9.87. The minimum absolute atomic E-state index is 0.114. The van der Waals surface area contributed by atoms with Crippen molar-refractivity contribution in [3.63, 3.8) is 0 Å². The summed E-state index contributed by atoms with van der Waals surface area (Å²) in [5.74, 6) is -0.873. The fourth-order valence-electron chi connectivity index (χ4n) is 3.27. The van der Waals surface area contributed by atoms with Crippen molar-refractivity contribution in [2.24, 2.45) is 0 Å². The van der Waals surface area contributed by atoms with Crippen LogP contribution in [0.4, 0.5) is 9.18 Å². The van der Waals surface area contributed by atoms with Crippen molar-refractivity contribution >= 4 is 28.2 Å². The van der Waals surface area contributed by atoms with E-state index in [1.807, 2.05) is 0 Å². The summed E-state index contributed by atoms with van der Waals surface area (Å²) < 4.78 is 14.7. The Bertz CT molecular complexity index is 1110. The Labute approximate surface area is 157 Å². The van der Waals surface area contributed by atoms with Crippen LogP contribution in [0, 0.1) is 5.82 Å². The molecule has 1 atom stereocenters. The monoisotopic (exact) mass is 386 g/mol. The Balaban J connectivity index is 1.69. The van der Waals surface area contributed by atoms with Crippen LogP contribution in [0.1, 0.15) is 24.6 Å². The van der Waals surface area contributed by atoms with Gasteiger partial charge in [0.2, 0.25) is 0 Å². The average molecular weight is 386 g/mol. The van der Waals surface area contributed by atoms with Crippen molar-refractivity contribution in [3.05, 3.63) is 69.3 Å². The molecule has 3 amide bonds. The average Bonchev–Trinajstić information content (AvgIpc) is 3.21. The molecule has 2 aromatic heterocycles. The second-order valence-electron chi connectivity index (χ2n) is 6.23. The molecule has 3 heterocycles. The van der Waals surface area contributed by atoms with Gasteiger partial charge in [0.1, 0.15) is 11.4 Å². The largest absolute Gasteiger partial charge is 0.325 e. The summed E-state index contributed by atoms with van der Waals surface area (Å²) in [5, 5.41) is 4.46. The Morgan fingerprint density at radius 3 is 2.67 bits per heavy atom. The summed E-state index contributed by atoms with van der Waals surface area (Å²) in [6, 6.07) is 6.22. The summed E-state index contributed by atoms with van der Waals surface area (Å²) in [5.41, 5.74) is -0.693. The number of imide groups is 1. The Hall–Kier alpha value is -3.07. The summed E-state index contributed by atoms with van der Waals surface area (Å²) >= 11 is 1.29. The van der Waals surface area contributed by atoms with Crippen molar-refractivity contribution in [1.82, 2.24) is 19.6 Å². The highest BCUT2D eigenvalue weighted by molar-refractivity contribution is 7.15. The fraction of sp³-hybridized carbons (Fsp3) is 0.222. The number of hydrogen-bond donors (Lipinski definition) is 1. The highest BCUT2D eigenvalue weighted by atomic mass is 32.1. The molecule has 0 saturated carbocycles. The van der Waals surface area contributed by atoms with E-state index in [1.54, 1.807) is 18.5 Å². The number of benzene rings is 1. The molecule has 0 radical (unpaired) electrons. The standard InChI is InChI=1S/C18H15FN4O3S/c1-2-18(11-3-5-12(19)6-4-11)15(25)23(16(26)21-18)10-13-9-14(24)22-7-8-27-17(22)20-13/h3-9H,2,10H2,1H3,(H,21,26). The zero-order valence-electron chi connectivity index (χ0n) is 14.3. The quantitative estimate of drug-likeness (QED) is 0.697. The Kier molecular flexibility index (Phi) is 4.03. The van der Waals surface area contributed by atoms with E-state index >= 15 is 0 Å². The Morgan fingerprint density at radius 1 is 1.22 bits per heavy atom. The lowest BCUT2D eigenvalue weighted by molar-refractivity contribution is -0.132. The van der Waals surface area contributed by atoms with Gasteiger partial charge in [-0.15, -0.1) is 11.3 Å². The van der Waals surface area contributed by atoms with Crippen LogP contribution in [0.3, 0.4) is 0 Å². The van der Waals surface area contributed by atoms with Crippen LogP contribution in [0.2, 0.25) is 0 Å². The summed E-state index contributed by atoms with van der Waals surface area (Å²) in [6.45, 7) is 1.66. The number of fused-ring (bicyclic) bond motifs is 1. The molecule has 3 aromatic rings. The minimum atomic E-state index is -1.26. The van der Waals surface area contributed by atoms with Gasteiger partial charge in [0, 0.05) is 17.6 Å². The highest BCUT2D eigenvalue weighted by Crippen LogP contribution is 2.33. The van der Waals surface area contributed by atoms with Crippen LogP contribution >= 0.6 is 11.3 Å². The van der Waals surface area contributed by atoms with Crippen molar-refractivity contribution in [3.8, 4) is 0 Å². The topological polar surface area (TPSA) is 83.8 Å². The molecular formula is C18H15FN4O3S. The molecule has 7 nitrogen and oxygen atoms in total. The lowest BCUT2D eigenvalue weighted by Gasteiger charge is -2.25. The first kappa shape index (κ1) is 17.3. The maximum atomic E-state index is 13.3. The molecule has 27 heavy (non-hydrogen) atoms. The SMILES string of the molecule is CCC1(c2ccc(F)cc2)NC(=O)N(Cc2cc(=O)n3ccsc3n2)C1=O. The van der Waals surface area contributed by atoms with Gasteiger partial charge < -0.3 is 5.32 Å². The van der Waals surface area contributed by atoms with Gasteiger partial charge in [0.05, 0.1) is 12.2 Å². The lowest BCUT2D eigenvalue weighted by Crippen LogP contribution is -2.43. The number of rotatable bonds is 4. The Morgan fingerprint density at radius 2 is 1.96 bits per heavy atom. The van der Waals surface area contributed by atoms with E-state index in [0.29, 0.717) is 22.6 Å². The number of nitrogens with zero attached hydrogens (tertiary/aromatic N) is 3. The maximum absolute atomic E-state index is 13.3. The number of thiazole rings is 1. The number of carbonyl (C=O) groups is 2. The normalized spacial score (nSPS) is 19.7. The van der Waals surface area contributed by atoms with E-state index in [4.69, 9.17) is 0 Å². The molecule has 1 saturated heterocycles. The van der Waals surface area contributed by atoms with E-state index in [0.717, 1.165) is 4.90 Å². The third-order valence-electron chi connectivity index (χ3n) is 4.72. The van der Waals surface area contributed by atoms with Gasteiger partial charge in [-0.1, -0.05) is 19.1 Å². The zero-order valence-corrected chi connectivity index (χ0v) is 15.1. The van der Waals surface area contributed by atoms with E-state index < -0.39 is 23.3 Å². The first-order chi connectivity index (χ1) is 12.9. The van der Waals surface area contributed by atoms with Crippen molar-refractivity contribution in [2.75, 3.05) is 0 Å². The summed E-state index contributed by atoms with van der Waals surface area (Å²) in [7, 11) is 0. The number of aromatic nitrogens is 2. The maximum Gasteiger partial charge on any atom is 0.325 e. The number of amides is 3. The predicted octanol–water partition coefficient (Wildman–Crippen LogP) is 2.25. The third kappa shape index (κ3) is 2.71. The van der Waals surface area contributed by atoms with Crippen LogP contribution in [0.15, 0.2) is 46.7 Å². The van der Waals surface area contributed by atoms with Crippen LogP contribution in [-0.4, -0.2) is 26.2 Å². The molecule has 4 rings (SSSR count).